The Morgan fingerprint density at radius 3 is 2.00 bits per heavy atom. The number of carbonyl (C=O) groups is 4. The van der Waals surface area contributed by atoms with Gasteiger partial charge >= 0.3 is 37.9 Å². The summed E-state index contributed by atoms with van der Waals surface area (Å²) >= 11 is 0. The van der Waals surface area contributed by atoms with Crippen LogP contribution in [0.25, 0.3) is 0 Å². The van der Waals surface area contributed by atoms with Crippen molar-refractivity contribution in [3.05, 3.63) is 33.1 Å². The van der Waals surface area contributed by atoms with Gasteiger partial charge in [0.15, 0.2) is 17.9 Å². The lowest BCUT2D eigenvalue weighted by Crippen LogP contribution is -2.57. The number of esters is 1. The lowest BCUT2D eigenvalue weighted by atomic mass is 9.88. The second-order valence-electron chi connectivity index (χ2n) is 13.7. The fourth-order valence-electron chi connectivity index (χ4n) is 5.05. The van der Waals surface area contributed by atoms with E-state index in [4.69, 9.17) is 46.7 Å². The first-order chi connectivity index (χ1) is 26.0. The van der Waals surface area contributed by atoms with Gasteiger partial charge < -0.3 is 43.6 Å². The third-order valence-electron chi connectivity index (χ3n) is 7.55. The summed E-state index contributed by atoms with van der Waals surface area (Å²) < 4.78 is 82.8. The summed E-state index contributed by atoms with van der Waals surface area (Å²) in [6, 6.07) is -0.554. The van der Waals surface area contributed by atoms with E-state index in [2.05, 4.69) is 5.32 Å². The number of aromatic amines is 1. The Balaban J connectivity index is 2.60. The molecule has 1 amide bonds. The van der Waals surface area contributed by atoms with E-state index in [1.165, 1.54) is 27.7 Å². The van der Waals surface area contributed by atoms with Crippen molar-refractivity contribution in [2.45, 2.75) is 136 Å². The second kappa shape index (κ2) is 20.9. The standard InChI is InChI=1S/C33H53FN3O18P/c1-11-12-15-46-29(41)36-24(18(2)3)25(39)52-26-32(10,44)27(37-14-13-23(38)35-28(37)40)53-33(26,16-34)17-47-56(45,54-21(8)50-30(42)48-19(4)5)55-22(9)51-31(43)49-20(6)7/h13-14,18-22,24,26-27,44H,11-12,15-17H2,1-10H3,(H,36,41)(H,35,38,40)/t21?,22?,24?,26-,27+,32+,33+,56?/m0/s1. The molecule has 21 nitrogen and oxygen atoms in total. The summed E-state index contributed by atoms with van der Waals surface area (Å²) in [6.07, 6.45) is -10.2. The molecule has 0 radical (unpaired) electrons. The van der Waals surface area contributed by atoms with Crippen LogP contribution in [0.3, 0.4) is 0 Å². The minimum Gasteiger partial charge on any atom is -0.454 e. The van der Waals surface area contributed by atoms with Gasteiger partial charge in [0.25, 0.3) is 5.56 Å². The number of nitrogens with zero attached hydrogens (tertiary/aromatic N) is 1. The number of phosphoric acid groups is 1. The number of carbonyl (C=O) groups excluding carboxylic acids is 4. The van der Waals surface area contributed by atoms with E-state index >= 15 is 4.39 Å². The second-order valence-corrected chi connectivity index (χ2v) is 15.3. The van der Waals surface area contributed by atoms with Gasteiger partial charge in [-0.3, -0.25) is 18.9 Å². The highest BCUT2D eigenvalue weighted by molar-refractivity contribution is 7.48. The minimum atomic E-state index is -5.22. The average Bonchev–Trinajstić information content (AvgIpc) is 3.27. The summed E-state index contributed by atoms with van der Waals surface area (Å²) in [6.45, 7) is 11.3. The van der Waals surface area contributed by atoms with Crippen LogP contribution >= 0.6 is 7.82 Å². The summed E-state index contributed by atoms with van der Waals surface area (Å²) in [5.74, 6) is -1.89. The molecule has 3 unspecified atom stereocenters. The highest BCUT2D eigenvalue weighted by Gasteiger charge is 2.66. The Hall–Kier alpha value is -4.08. The van der Waals surface area contributed by atoms with E-state index in [0.717, 1.165) is 33.0 Å². The molecule has 0 aromatic carbocycles. The van der Waals surface area contributed by atoms with Crippen LogP contribution < -0.4 is 16.6 Å². The number of hydrogen-bond acceptors (Lipinski definition) is 18. The Bertz CT molecular complexity index is 1610. The van der Waals surface area contributed by atoms with Gasteiger partial charge in [0, 0.05) is 12.3 Å². The van der Waals surface area contributed by atoms with Gasteiger partial charge in [-0.05, 0) is 60.8 Å². The molecule has 1 aliphatic heterocycles. The fourth-order valence-corrected chi connectivity index (χ4v) is 6.41. The van der Waals surface area contributed by atoms with Crippen LogP contribution in [0.1, 0.15) is 88.3 Å². The number of H-pyrrole nitrogens is 1. The normalized spacial score (nSPS) is 23.5. The molecule has 2 rings (SSSR count). The zero-order valence-electron chi connectivity index (χ0n) is 33.0. The van der Waals surface area contributed by atoms with E-state index in [9.17, 15) is 38.4 Å². The average molecular weight is 830 g/mol. The molecular formula is C33H53FN3O18P. The largest absolute Gasteiger partial charge is 0.510 e. The predicted octanol–water partition coefficient (Wildman–Crippen LogP) is 3.96. The Morgan fingerprint density at radius 1 is 0.982 bits per heavy atom. The van der Waals surface area contributed by atoms with Crippen molar-refractivity contribution in [3.63, 3.8) is 0 Å². The van der Waals surface area contributed by atoms with Gasteiger partial charge in [-0.2, -0.15) is 0 Å². The number of rotatable bonds is 20. The molecule has 3 N–H and O–H groups in total. The number of phosphoric ester groups is 1. The Labute approximate surface area is 322 Å². The Morgan fingerprint density at radius 2 is 1.54 bits per heavy atom. The number of alkyl halides is 1. The maximum Gasteiger partial charge on any atom is 0.510 e. The SMILES string of the molecule is CCCCOC(=O)NC(C(=O)O[C@@H]1[C@@](CF)(COP(=O)(OC(C)OC(=O)OC(C)C)OC(C)OC(=O)OC(C)C)O[C@@H](n2ccc(=O)[nH]c2=O)[C@]1(C)O)C(C)C. The minimum absolute atomic E-state index is 0.0423. The third kappa shape index (κ3) is 13.8. The lowest BCUT2D eigenvalue weighted by Gasteiger charge is -2.36. The predicted molar refractivity (Wildman–Crippen MR) is 189 cm³/mol. The highest BCUT2D eigenvalue weighted by atomic mass is 31.2. The number of aromatic nitrogens is 2. The summed E-state index contributed by atoms with van der Waals surface area (Å²) in [7, 11) is -5.22. The van der Waals surface area contributed by atoms with Crippen LogP contribution in [-0.2, 0) is 56.1 Å². The molecule has 23 heteroatoms. The number of halogens is 1. The molecule has 1 aliphatic rings. The van der Waals surface area contributed by atoms with Crippen LogP contribution in [0, 0.1) is 5.92 Å². The van der Waals surface area contributed by atoms with Gasteiger partial charge in [-0.25, -0.2) is 42.0 Å². The van der Waals surface area contributed by atoms with Crippen molar-refractivity contribution in [1.29, 1.82) is 0 Å². The number of hydrogen-bond donors (Lipinski definition) is 3. The molecule has 1 fully saturated rings. The number of amides is 1. The molecule has 56 heavy (non-hydrogen) atoms. The molecule has 1 aromatic rings. The molecule has 2 heterocycles. The summed E-state index contributed by atoms with van der Waals surface area (Å²) in [5, 5.41) is 14.3. The van der Waals surface area contributed by atoms with Crippen LogP contribution in [0.4, 0.5) is 18.8 Å². The molecular weight excluding hydrogens is 776 g/mol. The Kier molecular flexibility index (Phi) is 17.9. The van der Waals surface area contributed by atoms with Crippen LogP contribution in [0.15, 0.2) is 21.9 Å². The van der Waals surface area contributed by atoms with Gasteiger partial charge in [0.1, 0.15) is 18.3 Å². The number of nitrogens with one attached hydrogen (secondary N) is 2. The first-order valence-electron chi connectivity index (χ1n) is 17.8. The maximum absolute atomic E-state index is 15.6. The number of ether oxygens (including phenoxy) is 7. The van der Waals surface area contributed by atoms with Crippen LogP contribution in [-0.4, -0.2) is 107 Å². The topological polar surface area (TPSA) is 265 Å². The van der Waals surface area contributed by atoms with E-state index < -0.39 is 117 Å². The van der Waals surface area contributed by atoms with Gasteiger partial charge in [-0.15, -0.1) is 0 Å². The van der Waals surface area contributed by atoms with Crippen molar-refractivity contribution < 1.29 is 80.0 Å². The quantitative estimate of drug-likeness (QED) is 0.0552. The van der Waals surface area contributed by atoms with Crippen molar-refractivity contribution in [3.8, 4) is 0 Å². The summed E-state index contributed by atoms with van der Waals surface area (Å²) in [4.78, 5) is 77.2. The van der Waals surface area contributed by atoms with E-state index in [1.807, 2.05) is 11.9 Å². The number of unbranched alkanes of at least 4 members (excludes halogenated alkanes) is 1. The first kappa shape index (κ1) is 48.1. The van der Waals surface area contributed by atoms with Gasteiger partial charge in [0.05, 0.1) is 25.4 Å². The number of aliphatic hydroxyl groups is 1. The molecule has 1 aromatic heterocycles. The van der Waals surface area contributed by atoms with Crippen molar-refractivity contribution in [2.75, 3.05) is 19.9 Å². The summed E-state index contributed by atoms with van der Waals surface area (Å²) in [5.41, 5.74) is -7.21. The van der Waals surface area contributed by atoms with Crippen molar-refractivity contribution in [2.24, 2.45) is 5.92 Å². The van der Waals surface area contributed by atoms with Gasteiger partial charge in [0.2, 0.25) is 12.6 Å². The highest BCUT2D eigenvalue weighted by Crippen LogP contribution is 2.55. The lowest BCUT2D eigenvalue weighted by molar-refractivity contribution is -0.179. The zero-order chi connectivity index (χ0) is 42.6. The van der Waals surface area contributed by atoms with E-state index in [-0.39, 0.29) is 6.61 Å². The third-order valence-corrected chi connectivity index (χ3v) is 9.11. The fraction of sp³-hybridized carbons (Fsp3) is 0.758. The molecule has 0 aliphatic carbocycles. The molecule has 320 valence electrons. The maximum atomic E-state index is 15.6. The van der Waals surface area contributed by atoms with E-state index in [1.54, 1.807) is 13.8 Å². The van der Waals surface area contributed by atoms with E-state index in [0.29, 0.717) is 17.4 Å². The number of alkyl carbamates (subject to hydrolysis) is 1. The van der Waals surface area contributed by atoms with Crippen molar-refractivity contribution >= 4 is 32.2 Å². The molecule has 0 saturated carbocycles. The smallest absolute Gasteiger partial charge is 0.454 e. The van der Waals surface area contributed by atoms with Crippen molar-refractivity contribution in [1.82, 2.24) is 14.9 Å². The zero-order valence-corrected chi connectivity index (χ0v) is 33.9. The monoisotopic (exact) mass is 829 g/mol. The van der Waals surface area contributed by atoms with Crippen LogP contribution in [0.5, 0.6) is 0 Å². The molecule has 0 bridgehead atoms. The van der Waals surface area contributed by atoms with Crippen LogP contribution in [0.2, 0.25) is 0 Å². The van der Waals surface area contributed by atoms with Gasteiger partial charge in [-0.1, -0.05) is 27.2 Å². The molecule has 7 atom stereocenters. The molecule has 1 saturated heterocycles. The first-order valence-corrected chi connectivity index (χ1v) is 19.2. The molecule has 0 spiro atoms.